The number of carbonyl (C=O) groups excluding carboxylic acids is 1. The summed E-state index contributed by atoms with van der Waals surface area (Å²) in [5.74, 6) is 0.0576. The number of hydrogen-bond acceptors (Lipinski definition) is 3. The fraction of sp³-hybridized carbons (Fsp3) is 0.471. The second-order valence-electron chi connectivity index (χ2n) is 6.07. The van der Waals surface area contributed by atoms with Crippen molar-refractivity contribution in [1.82, 2.24) is 19.7 Å². The van der Waals surface area contributed by atoms with Crippen LogP contribution in [0.2, 0.25) is 0 Å². The predicted octanol–water partition coefficient (Wildman–Crippen LogP) is 3.23. The molecular formula is C17H22N4O. The second-order valence-corrected chi connectivity index (χ2v) is 6.07. The molecule has 0 spiro atoms. The number of carbonyl (C=O) groups is 1. The van der Waals surface area contributed by atoms with Crippen molar-refractivity contribution >= 4 is 5.91 Å². The van der Waals surface area contributed by atoms with Gasteiger partial charge in [0.25, 0.3) is 5.91 Å². The lowest BCUT2D eigenvalue weighted by molar-refractivity contribution is 0.0606. The first-order chi connectivity index (χ1) is 10.7. The van der Waals surface area contributed by atoms with Gasteiger partial charge in [-0.1, -0.05) is 6.07 Å². The van der Waals surface area contributed by atoms with E-state index < -0.39 is 0 Å². The molecule has 0 saturated carbocycles. The van der Waals surface area contributed by atoms with Crippen LogP contribution in [0.3, 0.4) is 0 Å². The fourth-order valence-corrected chi connectivity index (χ4v) is 2.95. The highest BCUT2D eigenvalue weighted by Crippen LogP contribution is 2.30. The van der Waals surface area contributed by atoms with E-state index in [2.05, 4.69) is 23.9 Å². The van der Waals surface area contributed by atoms with Crippen LogP contribution in [0, 0.1) is 0 Å². The molecule has 3 heterocycles. The molecule has 1 aliphatic heterocycles. The third-order valence-electron chi connectivity index (χ3n) is 4.17. The van der Waals surface area contributed by atoms with Crippen LogP contribution in [-0.2, 0) is 0 Å². The normalized spacial score (nSPS) is 18.7. The van der Waals surface area contributed by atoms with Crippen LogP contribution in [0.25, 0.3) is 0 Å². The molecule has 1 atom stereocenters. The number of piperidine rings is 1. The Balaban J connectivity index is 1.85. The van der Waals surface area contributed by atoms with Gasteiger partial charge in [0.05, 0.1) is 23.5 Å². The first-order valence-electron chi connectivity index (χ1n) is 7.93. The number of pyridine rings is 1. The van der Waals surface area contributed by atoms with Gasteiger partial charge < -0.3 is 4.90 Å². The number of nitrogens with zero attached hydrogens (tertiary/aromatic N) is 4. The molecule has 1 unspecified atom stereocenters. The third-order valence-corrected chi connectivity index (χ3v) is 4.17. The van der Waals surface area contributed by atoms with Crippen LogP contribution in [-0.4, -0.2) is 32.1 Å². The van der Waals surface area contributed by atoms with Crippen molar-refractivity contribution in [2.24, 2.45) is 0 Å². The van der Waals surface area contributed by atoms with Gasteiger partial charge in [-0.3, -0.25) is 14.5 Å². The van der Waals surface area contributed by atoms with E-state index in [0.717, 1.165) is 31.5 Å². The first kappa shape index (κ1) is 14.8. The zero-order valence-corrected chi connectivity index (χ0v) is 13.1. The minimum Gasteiger partial charge on any atom is -0.330 e. The molecule has 1 amide bonds. The molecular weight excluding hydrogens is 276 g/mol. The monoisotopic (exact) mass is 298 g/mol. The number of hydrogen-bond donors (Lipinski definition) is 0. The molecule has 22 heavy (non-hydrogen) atoms. The third kappa shape index (κ3) is 2.89. The van der Waals surface area contributed by atoms with Gasteiger partial charge in [0.15, 0.2) is 0 Å². The molecule has 1 aliphatic rings. The Kier molecular flexibility index (Phi) is 4.22. The Morgan fingerprint density at radius 2 is 2.18 bits per heavy atom. The maximum atomic E-state index is 12.9. The molecule has 3 rings (SSSR count). The lowest BCUT2D eigenvalue weighted by Crippen LogP contribution is -2.38. The average molecular weight is 298 g/mol. The summed E-state index contributed by atoms with van der Waals surface area (Å²) in [6.07, 6.45) is 8.47. The van der Waals surface area contributed by atoms with Gasteiger partial charge in [0, 0.05) is 25.0 Å². The van der Waals surface area contributed by atoms with Crippen LogP contribution >= 0.6 is 0 Å². The van der Waals surface area contributed by atoms with E-state index in [1.54, 1.807) is 12.4 Å². The molecule has 2 aromatic heterocycles. The summed E-state index contributed by atoms with van der Waals surface area (Å²) in [4.78, 5) is 19.3. The summed E-state index contributed by atoms with van der Waals surface area (Å²) in [5, 5.41) is 4.28. The highest BCUT2D eigenvalue weighted by Gasteiger charge is 2.30. The maximum absolute atomic E-state index is 12.9. The SMILES string of the molecule is CC(C)n1cc(C(=O)N2CCCCC2c2ccccn2)cn1. The standard InChI is InChI=1S/C17H22N4O/c1-13(2)21-12-14(11-19-21)17(22)20-10-6-4-8-16(20)15-7-3-5-9-18-15/h3,5,7,9,11-13,16H,4,6,8,10H2,1-2H3. The van der Waals surface area contributed by atoms with Crippen molar-refractivity contribution in [1.29, 1.82) is 0 Å². The van der Waals surface area contributed by atoms with Gasteiger partial charge >= 0.3 is 0 Å². The van der Waals surface area contributed by atoms with Gasteiger partial charge in [-0.2, -0.15) is 5.10 Å². The largest absolute Gasteiger partial charge is 0.330 e. The van der Waals surface area contributed by atoms with E-state index >= 15 is 0 Å². The van der Waals surface area contributed by atoms with Crippen molar-refractivity contribution in [3.63, 3.8) is 0 Å². The summed E-state index contributed by atoms with van der Waals surface area (Å²) >= 11 is 0. The molecule has 0 radical (unpaired) electrons. The minimum absolute atomic E-state index is 0.0576. The molecule has 1 fully saturated rings. The summed E-state index contributed by atoms with van der Waals surface area (Å²) in [6.45, 7) is 4.89. The number of likely N-dealkylation sites (tertiary alicyclic amines) is 1. The quantitative estimate of drug-likeness (QED) is 0.874. The van der Waals surface area contributed by atoms with E-state index in [1.807, 2.05) is 34.0 Å². The van der Waals surface area contributed by atoms with E-state index in [9.17, 15) is 4.79 Å². The molecule has 2 aromatic rings. The molecule has 0 bridgehead atoms. The summed E-state index contributed by atoms with van der Waals surface area (Å²) < 4.78 is 1.83. The van der Waals surface area contributed by atoms with Crippen LogP contribution in [0.1, 0.15) is 61.2 Å². The minimum atomic E-state index is 0.0576. The van der Waals surface area contributed by atoms with Crippen molar-refractivity contribution in [3.8, 4) is 0 Å². The summed E-state index contributed by atoms with van der Waals surface area (Å²) in [7, 11) is 0. The Morgan fingerprint density at radius 1 is 1.32 bits per heavy atom. The predicted molar refractivity (Wildman–Crippen MR) is 84.5 cm³/mol. The lowest BCUT2D eigenvalue weighted by Gasteiger charge is -2.35. The van der Waals surface area contributed by atoms with Crippen molar-refractivity contribution in [2.75, 3.05) is 6.54 Å². The molecule has 5 heteroatoms. The first-order valence-corrected chi connectivity index (χ1v) is 7.93. The Labute approximate surface area is 131 Å². The van der Waals surface area contributed by atoms with E-state index in [0.29, 0.717) is 5.56 Å². The number of aromatic nitrogens is 3. The van der Waals surface area contributed by atoms with Gasteiger partial charge in [0.2, 0.25) is 0 Å². The Morgan fingerprint density at radius 3 is 2.86 bits per heavy atom. The van der Waals surface area contributed by atoms with E-state index in [-0.39, 0.29) is 18.0 Å². The zero-order chi connectivity index (χ0) is 15.5. The zero-order valence-electron chi connectivity index (χ0n) is 13.1. The molecule has 0 N–H and O–H groups in total. The van der Waals surface area contributed by atoms with E-state index in [4.69, 9.17) is 0 Å². The number of amides is 1. The van der Waals surface area contributed by atoms with Gasteiger partial charge in [-0.25, -0.2) is 0 Å². The maximum Gasteiger partial charge on any atom is 0.257 e. The Hall–Kier alpha value is -2.17. The summed E-state index contributed by atoms with van der Waals surface area (Å²) in [5.41, 5.74) is 1.64. The highest BCUT2D eigenvalue weighted by atomic mass is 16.2. The van der Waals surface area contributed by atoms with Crippen molar-refractivity contribution in [3.05, 3.63) is 48.0 Å². The Bertz CT molecular complexity index is 635. The van der Waals surface area contributed by atoms with Crippen LogP contribution in [0.4, 0.5) is 0 Å². The highest BCUT2D eigenvalue weighted by molar-refractivity contribution is 5.94. The summed E-state index contributed by atoms with van der Waals surface area (Å²) in [6, 6.07) is 6.23. The van der Waals surface area contributed by atoms with Crippen LogP contribution < -0.4 is 0 Å². The molecule has 0 aromatic carbocycles. The van der Waals surface area contributed by atoms with Gasteiger partial charge in [0.1, 0.15) is 0 Å². The molecule has 5 nitrogen and oxygen atoms in total. The van der Waals surface area contributed by atoms with Gasteiger partial charge in [-0.15, -0.1) is 0 Å². The molecule has 116 valence electrons. The van der Waals surface area contributed by atoms with Crippen LogP contribution in [0.5, 0.6) is 0 Å². The van der Waals surface area contributed by atoms with Gasteiger partial charge in [-0.05, 0) is 45.2 Å². The molecule has 0 aliphatic carbocycles. The molecule has 1 saturated heterocycles. The van der Waals surface area contributed by atoms with Crippen molar-refractivity contribution in [2.45, 2.75) is 45.2 Å². The second kappa shape index (κ2) is 6.30. The van der Waals surface area contributed by atoms with Crippen LogP contribution in [0.15, 0.2) is 36.8 Å². The lowest BCUT2D eigenvalue weighted by atomic mass is 9.98. The van der Waals surface area contributed by atoms with Crippen molar-refractivity contribution < 1.29 is 4.79 Å². The topological polar surface area (TPSA) is 51.0 Å². The fourth-order valence-electron chi connectivity index (χ4n) is 2.95. The smallest absolute Gasteiger partial charge is 0.257 e. The number of rotatable bonds is 3. The average Bonchev–Trinajstić information content (AvgIpc) is 3.05. The van der Waals surface area contributed by atoms with E-state index in [1.165, 1.54) is 0 Å².